The number of rotatable bonds is 7. The summed E-state index contributed by atoms with van der Waals surface area (Å²) >= 11 is 6.11. The van der Waals surface area contributed by atoms with Gasteiger partial charge in [0.2, 0.25) is 10.0 Å². The van der Waals surface area contributed by atoms with Gasteiger partial charge in [-0.3, -0.25) is 4.90 Å². The van der Waals surface area contributed by atoms with E-state index in [4.69, 9.17) is 16.3 Å². The van der Waals surface area contributed by atoms with Gasteiger partial charge in [-0.15, -0.1) is 0 Å². The molecule has 11 heteroatoms. The summed E-state index contributed by atoms with van der Waals surface area (Å²) in [4.78, 5) is 29.1. The first kappa shape index (κ1) is 27.2. The number of ether oxygens (including phenoxy) is 1. The van der Waals surface area contributed by atoms with Gasteiger partial charge in [0.05, 0.1) is 12.0 Å². The minimum Gasteiger partial charge on any atom is -0.467 e. The summed E-state index contributed by atoms with van der Waals surface area (Å²) in [7, 11) is -2.38. The zero-order valence-corrected chi connectivity index (χ0v) is 22.9. The third-order valence-corrected chi connectivity index (χ3v) is 9.32. The van der Waals surface area contributed by atoms with Crippen LogP contribution in [0.15, 0.2) is 47.4 Å². The van der Waals surface area contributed by atoms with Gasteiger partial charge in [-0.05, 0) is 54.3 Å². The number of carbonyl (C=O) groups excluding carboxylic acids is 2. The number of methoxy groups -OCH3 is 1. The van der Waals surface area contributed by atoms with E-state index < -0.39 is 28.1 Å². The fourth-order valence-electron chi connectivity index (χ4n) is 4.77. The van der Waals surface area contributed by atoms with Crippen molar-refractivity contribution in [1.82, 2.24) is 9.62 Å². The van der Waals surface area contributed by atoms with Crippen LogP contribution in [-0.2, 0) is 26.0 Å². The highest BCUT2D eigenvalue weighted by atomic mass is 35.5. The Morgan fingerprint density at radius 3 is 2.46 bits per heavy atom. The second kappa shape index (κ2) is 11.3. The molecule has 0 aromatic heterocycles. The molecule has 1 saturated heterocycles. The summed E-state index contributed by atoms with van der Waals surface area (Å²) < 4.78 is 33.2. The second-order valence-corrected chi connectivity index (χ2v) is 11.8. The molecular formula is C26H33ClN4O5S. The fourth-order valence-corrected chi connectivity index (χ4v) is 6.42. The van der Waals surface area contributed by atoms with Crippen molar-refractivity contribution in [3.8, 4) is 0 Å². The summed E-state index contributed by atoms with van der Waals surface area (Å²) in [6.07, 6.45) is 1.23. The molecule has 0 aliphatic carbocycles. The van der Waals surface area contributed by atoms with Crippen LogP contribution in [0.2, 0.25) is 5.02 Å². The number of nitrogens with one attached hydrogen (secondary N) is 1. The van der Waals surface area contributed by atoms with Gasteiger partial charge in [0.25, 0.3) is 0 Å². The quantitative estimate of drug-likeness (QED) is 0.532. The maximum absolute atomic E-state index is 13.4. The Morgan fingerprint density at radius 1 is 1.08 bits per heavy atom. The van der Waals surface area contributed by atoms with Crippen molar-refractivity contribution in [3.05, 3.63) is 53.1 Å². The van der Waals surface area contributed by atoms with Gasteiger partial charge in [-0.2, -0.15) is 4.31 Å². The Labute approximate surface area is 223 Å². The molecule has 0 spiro atoms. The average molecular weight is 549 g/mol. The molecule has 37 heavy (non-hydrogen) atoms. The van der Waals surface area contributed by atoms with E-state index in [1.807, 2.05) is 38.1 Å². The number of hydrogen-bond acceptors (Lipinski definition) is 6. The van der Waals surface area contributed by atoms with Gasteiger partial charge >= 0.3 is 12.0 Å². The van der Waals surface area contributed by atoms with E-state index in [1.165, 1.54) is 11.4 Å². The first-order chi connectivity index (χ1) is 17.6. The smallest absolute Gasteiger partial charge is 0.328 e. The van der Waals surface area contributed by atoms with Crippen molar-refractivity contribution >= 4 is 45.0 Å². The third kappa shape index (κ3) is 5.71. The molecule has 1 fully saturated rings. The molecule has 0 radical (unpaired) electrons. The molecular weight excluding hydrogens is 516 g/mol. The van der Waals surface area contributed by atoms with Gasteiger partial charge in [0, 0.05) is 49.1 Å². The lowest BCUT2D eigenvalue weighted by Gasteiger charge is -2.35. The van der Waals surface area contributed by atoms with Crippen molar-refractivity contribution in [2.45, 2.75) is 37.6 Å². The van der Waals surface area contributed by atoms with Crippen LogP contribution in [-0.4, -0.2) is 70.6 Å². The van der Waals surface area contributed by atoms with E-state index in [1.54, 1.807) is 23.1 Å². The van der Waals surface area contributed by atoms with Gasteiger partial charge < -0.3 is 15.0 Å². The summed E-state index contributed by atoms with van der Waals surface area (Å²) in [6, 6.07) is 11.3. The number of benzene rings is 2. The minimum atomic E-state index is -3.68. The van der Waals surface area contributed by atoms with E-state index in [0.717, 1.165) is 11.3 Å². The highest BCUT2D eigenvalue weighted by Gasteiger charge is 2.34. The van der Waals surface area contributed by atoms with Crippen LogP contribution in [0.25, 0.3) is 0 Å². The molecule has 2 unspecified atom stereocenters. The van der Waals surface area contributed by atoms with E-state index in [2.05, 4.69) is 10.2 Å². The van der Waals surface area contributed by atoms with Crippen LogP contribution in [0.1, 0.15) is 25.8 Å². The molecule has 4 rings (SSSR count). The molecule has 9 nitrogen and oxygen atoms in total. The van der Waals surface area contributed by atoms with E-state index in [-0.39, 0.29) is 10.8 Å². The zero-order valence-electron chi connectivity index (χ0n) is 21.3. The molecule has 2 heterocycles. The normalized spacial score (nSPS) is 17.7. The molecule has 2 aliphatic rings. The summed E-state index contributed by atoms with van der Waals surface area (Å²) in [5.74, 6) is -0.579. The molecule has 0 bridgehead atoms. The lowest BCUT2D eigenvalue weighted by atomic mass is 9.99. The first-order valence-corrected chi connectivity index (χ1v) is 14.3. The molecule has 2 aliphatic heterocycles. The number of urea groups is 1. The monoisotopic (exact) mass is 548 g/mol. The van der Waals surface area contributed by atoms with Gasteiger partial charge in [0.1, 0.15) is 6.04 Å². The number of sulfonamides is 1. The summed E-state index contributed by atoms with van der Waals surface area (Å²) in [6.45, 7) is 6.09. The van der Waals surface area contributed by atoms with Crippen LogP contribution in [0.3, 0.4) is 0 Å². The number of halogens is 1. The molecule has 0 saturated carbocycles. The van der Waals surface area contributed by atoms with E-state index >= 15 is 0 Å². The van der Waals surface area contributed by atoms with Crippen LogP contribution < -0.4 is 15.1 Å². The Balaban J connectivity index is 1.45. The largest absolute Gasteiger partial charge is 0.467 e. The standard InChI is InChI=1S/C26H33ClN4O5S/c1-4-18(2)24(25(32)36-3)28-26(33)31-11-10-19-16-22(8-9-23(19)31)37(34,35)30-14-12-29(13-15-30)21-7-5-6-20(27)17-21/h5-9,16-18,24H,4,10-15H2,1-3H3,(H,28,33). The predicted molar refractivity (Wildman–Crippen MR) is 144 cm³/mol. The van der Waals surface area contributed by atoms with Crippen molar-refractivity contribution in [2.75, 3.05) is 49.6 Å². The number of carbonyl (C=O) groups is 2. The lowest BCUT2D eigenvalue weighted by Crippen LogP contribution is -2.50. The number of piperazine rings is 1. The topological polar surface area (TPSA) is 99.3 Å². The molecule has 200 valence electrons. The van der Waals surface area contributed by atoms with Crippen LogP contribution in [0.5, 0.6) is 0 Å². The number of fused-ring (bicyclic) bond motifs is 1. The molecule has 2 amide bonds. The van der Waals surface area contributed by atoms with Gasteiger partial charge in [-0.25, -0.2) is 18.0 Å². The van der Waals surface area contributed by atoms with E-state index in [9.17, 15) is 18.0 Å². The molecule has 2 atom stereocenters. The first-order valence-electron chi connectivity index (χ1n) is 12.4. The Hall–Kier alpha value is -2.82. The molecule has 2 aromatic carbocycles. The Kier molecular flexibility index (Phi) is 8.30. The minimum absolute atomic E-state index is 0.0923. The molecule has 1 N–H and O–H groups in total. The van der Waals surface area contributed by atoms with Crippen LogP contribution >= 0.6 is 11.6 Å². The van der Waals surface area contributed by atoms with Crippen molar-refractivity contribution in [1.29, 1.82) is 0 Å². The maximum Gasteiger partial charge on any atom is 0.328 e. The maximum atomic E-state index is 13.4. The lowest BCUT2D eigenvalue weighted by molar-refractivity contribution is -0.144. The number of anilines is 2. The fraction of sp³-hybridized carbons (Fsp3) is 0.462. The van der Waals surface area contributed by atoms with Gasteiger partial charge in [0.15, 0.2) is 0 Å². The van der Waals surface area contributed by atoms with Crippen molar-refractivity contribution < 1.29 is 22.7 Å². The van der Waals surface area contributed by atoms with Crippen molar-refractivity contribution in [2.24, 2.45) is 5.92 Å². The Morgan fingerprint density at radius 2 is 1.81 bits per heavy atom. The average Bonchev–Trinajstić information content (AvgIpc) is 3.34. The highest BCUT2D eigenvalue weighted by molar-refractivity contribution is 7.89. The Bertz CT molecular complexity index is 1260. The van der Waals surface area contributed by atoms with Crippen LogP contribution in [0.4, 0.5) is 16.2 Å². The van der Waals surface area contributed by atoms with Crippen molar-refractivity contribution in [3.63, 3.8) is 0 Å². The highest BCUT2D eigenvalue weighted by Crippen LogP contribution is 2.32. The third-order valence-electron chi connectivity index (χ3n) is 7.19. The van der Waals surface area contributed by atoms with Crippen LogP contribution in [0, 0.1) is 5.92 Å². The zero-order chi connectivity index (χ0) is 26.7. The number of amides is 2. The summed E-state index contributed by atoms with van der Waals surface area (Å²) in [5, 5.41) is 3.44. The number of esters is 1. The summed E-state index contributed by atoms with van der Waals surface area (Å²) in [5.41, 5.74) is 2.41. The predicted octanol–water partition coefficient (Wildman–Crippen LogP) is 3.51. The second-order valence-electron chi connectivity index (χ2n) is 9.40. The van der Waals surface area contributed by atoms with E-state index in [0.29, 0.717) is 56.3 Å². The number of hydrogen-bond donors (Lipinski definition) is 1. The SMILES string of the molecule is CCC(C)C(NC(=O)N1CCc2cc(S(=O)(=O)N3CCN(c4cccc(Cl)c4)CC3)ccc21)C(=O)OC. The number of nitrogens with zero attached hydrogens (tertiary/aromatic N) is 3. The van der Waals surface area contributed by atoms with Gasteiger partial charge in [-0.1, -0.05) is 37.9 Å². The molecule has 2 aromatic rings.